The zero-order chi connectivity index (χ0) is 15.4. The SMILES string of the molecule is CC(C)N(CC1CCCCN1)C(C)c1ccc(Cl)c(Cl)c1. The molecule has 21 heavy (non-hydrogen) atoms. The maximum absolute atomic E-state index is 6.17. The predicted octanol–water partition coefficient (Wildman–Crippen LogP) is 4.91. The molecule has 2 atom stereocenters. The van der Waals surface area contributed by atoms with Crippen molar-refractivity contribution in [1.29, 1.82) is 0 Å². The lowest BCUT2D eigenvalue weighted by Gasteiger charge is -2.37. The molecule has 2 rings (SSSR count). The summed E-state index contributed by atoms with van der Waals surface area (Å²) in [5.41, 5.74) is 1.23. The smallest absolute Gasteiger partial charge is 0.0595 e. The summed E-state index contributed by atoms with van der Waals surface area (Å²) >= 11 is 12.2. The third kappa shape index (κ3) is 4.59. The van der Waals surface area contributed by atoms with Crippen LogP contribution in [0.2, 0.25) is 10.0 Å². The van der Waals surface area contributed by atoms with Crippen molar-refractivity contribution in [2.24, 2.45) is 0 Å². The lowest BCUT2D eigenvalue weighted by Crippen LogP contribution is -2.46. The fourth-order valence-electron chi connectivity index (χ4n) is 3.11. The predicted molar refractivity (Wildman–Crippen MR) is 92.4 cm³/mol. The third-order valence-electron chi connectivity index (χ3n) is 4.43. The van der Waals surface area contributed by atoms with Gasteiger partial charge in [-0.25, -0.2) is 0 Å². The highest BCUT2D eigenvalue weighted by Gasteiger charge is 2.23. The van der Waals surface area contributed by atoms with Crippen LogP contribution in [-0.4, -0.2) is 30.1 Å². The largest absolute Gasteiger partial charge is 0.313 e. The molecule has 2 unspecified atom stereocenters. The fraction of sp³-hybridized carbons (Fsp3) is 0.647. The second kappa shape index (κ2) is 7.82. The molecule has 2 nitrogen and oxygen atoms in total. The van der Waals surface area contributed by atoms with Crippen LogP contribution in [0.15, 0.2) is 18.2 Å². The Hall–Kier alpha value is -0.280. The van der Waals surface area contributed by atoms with Crippen molar-refractivity contribution in [3.05, 3.63) is 33.8 Å². The first-order valence-electron chi connectivity index (χ1n) is 7.93. The Morgan fingerprint density at radius 3 is 2.52 bits per heavy atom. The summed E-state index contributed by atoms with van der Waals surface area (Å²) in [6.07, 6.45) is 3.92. The lowest BCUT2D eigenvalue weighted by atomic mass is 10.0. The maximum atomic E-state index is 6.17. The molecule has 4 heteroatoms. The number of rotatable bonds is 5. The zero-order valence-corrected chi connectivity index (χ0v) is 14.7. The molecule has 118 valence electrons. The Morgan fingerprint density at radius 1 is 1.19 bits per heavy atom. The van der Waals surface area contributed by atoms with E-state index in [0.29, 0.717) is 28.2 Å². The summed E-state index contributed by atoms with van der Waals surface area (Å²) < 4.78 is 0. The first-order chi connectivity index (χ1) is 9.99. The van der Waals surface area contributed by atoms with Crippen molar-refractivity contribution in [2.45, 2.75) is 58.2 Å². The Labute approximate surface area is 138 Å². The van der Waals surface area contributed by atoms with Crippen LogP contribution in [0.3, 0.4) is 0 Å². The number of nitrogens with one attached hydrogen (secondary N) is 1. The van der Waals surface area contributed by atoms with Gasteiger partial charge in [-0.1, -0.05) is 35.7 Å². The summed E-state index contributed by atoms with van der Waals surface area (Å²) in [6.45, 7) is 9.01. The monoisotopic (exact) mass is 328 g/mol. The van der Waals surface area contributed by atoms with E-state index in [-0.39, 0.29) is 0 Å². The van der Waals surface area contributed by atoms with Gasteiger partial charge in [0, 0.05) is 24.7 Å². The van der Waals surface area contributed by atoms with Gasteiger partial charge >= 0.3 is 0 Å². The normalized spacial score (nSPS) is 21.0. The Kier molecular flexibility index (Phi) is 6.36. The molecule has 1 fully saturated rings. The molecule has 1 aromatic rings. The van der Waals surface area contributed by atoms with E-state index in [1.165, 1.54) is 24.8 Å². The van der Waals surface area contributed by atoms with E-state index >= 15 is 0 Å². The van der Waals surface area contributed by atoms with Gasteiger partial charge in [-0.2, -0.15) is 0 Å². The van der Waals surface area contributed by atoms with Crippen LogP contribution >= 0.6 is 23.2 Å². The number of hydrogen-bond donors (Lipinski definition) is 1. The van der Waals surface area contributed by atoms with Crippen molar-refractivity contribution in [2.75, 3.05) is 13.1 Å². The minimum absolute atomic E-state index is 0.337. The second-order valence-corrected chi connectivity index (χ2v) is 7.10. The minimum Gasteiger partial charge on any atom is -0.313 e. The van der Waals surface area contributed by atoms with Gasteiger partial charge in [0.15, 0.2) is 0 Å². The zero-order valence-electron chi connectivity index (χ0n) is 13.2. The van der Waals surface area contributed by atoms with E-state index in [1.807, 2.05) is 12.1 Å². The van der Waals surface area contributed by atoms with E-state index in [9.17, 15) is 0 Å². The topological polar surface area (TPSA) is 15.3 Å². The summed E-state index contributed by atoms with van der Waals surface area (Å²) in [5.74, 6) is 0. The highest BCUT2D eigenvalue weighted by atomic mass is 35.5. The van der Waals surface area contributed by atoms with E-state index < -0.39 is 0 Å². The molecular weight excluding hydrogens is 303 g/mol. The molecule has 0 bridgehead atoms. The van der Waals surface area contributed by atoms with Crippen LogP contribution in [0.4, 0.5) is 0 Å². The maximum Gasteiger partial charge on any atom is 0.0595 e. The molecule has 1 saturated heterocycles. The summed E-state index contributed by atoms with van der Waals surface area (Å²) in [5, 5.41) is 4.90. The molecule has 1 aliphatic rings. The van der Waals surface area contributed by atoms with Crippen LogP contribution in [0.5, 0.6) is 0 Å². The lowest BCUT2D eigenvalue weighted by molar-refractivity contribution is 0.138. The van der Waals surface area contributed by atoms with Crippen LogP contribution in [0, 0.1) is 0 Å². The van der Waals surface area contributed by atoms with E-state index in [1.54, 1.807) is 0 Å². The summed E-state index contributed by atoms with van der Waals surface area (Å²) in [7, 11) is 0. The van der Waals surface area contributed by atoms with E-state index in [4.69, 9.17) is 23.2 Å². The fourth-order valence-corrected chi connectivity index (χ4v) is 3.42. The average molecular weight is 329 g/mol. The van der Waals surface area contributed by atoms with Crippen LogP contribution < -0.4 is 5.32 Å². The Bertz CT molecular complexity index is 456. The van der Waals surface area contributed by atoms with Crippen LogP contribution in [0.1, 0.15) is 51.6 Å². The van der Waals surface area contributed by atoms with E-state index in [2.05, 4.69) is 37.1 Å². The molecule has 1 heterocycles. The Morgan fingerprint density at radius 2 is 1.95 bits per heavy atom. The molecule has 0 aromatic heterocycles. The van der Waals surface area contributed by atoms with Gasteiger partial charge < -0.3 is 5.32 Å². The number of benzene rings is 1. The molecule has 0 spiro atoms. The highest BCUT2D eigenvalue weighted by molar-refractivity contribution is 6.42. The van der Waals surface area contributed by atoms with Crippen molar-refractivity contribution >= 4 is 23.2 Å². The molecule has 0 aliphatic carbocycles. The van der Waals surface area contributed by atoms with Gasteiger partial charge in [0.2, 0.25) is 0 Å². The first-order valence-corrected chi connectivity index (χ1v) is 8.68. The van der Waals surface area contributed by atoms with Crippen molar-refractivity contribution < 1.29 is 0 Å². The molecule has 1 N–H and O–H groups in total. The first kappa shape index (κ1) is 17.1. The summed E-state index contributed by atoms with van der Waals surface area (Å²) in [4.78, 5) is 2.54. The van der Waals surface area contributed by atoms with Gasteiger partial charge in [-0.05, 0) is 57.9 Å². The van der Waals surface area contributed by atoms with Crippen molar-refractivity contribution in [3.8, 4) is 0 Å². The highest BCUT2D eigenvalue weighted by Crippen LogP contribution is 2.29. The number of nitrogens with zero attached hydrogens (tertiary/aromatic N) is 1. The van der Waals surface area contributed by atoms with Crippen molar-refractivity contribution in [1.82, 2.24) is 10.2 Å². The van der Waals surface area contributed by atoms with E-state index in [0.717, 1.165) is 13.1 Å². The quantitative estimate of drug-likeness (QED) is 0.826. The number of piperidine rings is 1. The molecular formula is C17H26Cl2N2. The number of halogens is 2. The summed E-state index contributed by atoms with van der Waals surface area (Å²) in [6, 6.07) is 7.42. The van der Waals surface area contributed by atoms with Gasteiger partial charge in [0.05, 0.1) is 10.0 Å². The van der Waals surface area contributed by atoms with Crippen LogP contribution in [-0.2, 0) is 0 Å². The molecule has 1 aliphatic heterocycles. The van der Waals surface area contributed by atoms with Gasteiger partial charge in [-0.15, -0.1) is 0 Å². The van der Waals surface area contributed by atoms with Gasteiger partial charge in [0.1, 0.15) is 0 Å². The van der Waals surface area contributed by atoms with Gasteiger partial charge in [0.25, 0.3) is 0 Å². The molecule has 1 aromatic carbocycles. The molecule has 0 saturated carbocycles. The second-order valence-electron chi connectivity index (χ2n) is 6.29. The standard InChI is InChI=1S/C17H26Cl2N2/c1-12(2)21(11-15-6-4-5-9-20-15)13(3)14-7-8-16(18)17(19)10-14/h7-8,10,12-13,15,20H,4-6,9,11H2,1-3H3. The molecule has 0 radical (unpaired) electrons. The minimum atomic E-state index is 0.337. The van der Waals surface area contributed by atoms with Gasteiger partial charge in [-0.3, -0.25) is 4.90 Å². The average Bonchev–Trinajstić information content (AvgIpc) is 2.47. The Balaban J connectivity index is 2.10. The number of hydrogen-bond acceptors (Lipinski definition) is 2. The van der Waals surface area contributed by atoms with Crippen molar-refractivity contribution in [3.63, 3.8) is 0 Å². The molecule has 0 amide bonds. The third-order valence-corrected chi connectivity index (χ3v) is 5.17. The van der Waals surface area contributed by atoms with Crippen LogP contribution in [0.25, 0.3) is 0 Å².